The Balaban J connectivity index is 1.82. The summed E-state index contributed by atoms with van der Waals surface area (Å²) in [4.78, 5) is 11.5. The molecule has 4 nitrogen and oxygen atoms in total. The molecule has 1 saturated heterocycles. The molecule has 122 valence electrons. The van der Waals surface area contributed by atoms with Crippen molar-refractivity contribution in [2.75, 3.05) is 23.3 Å². The Morgan fingerprint density at radius 2 is 1.87 bits per heavy atom. The predicted molar refractivity (Wildman–Crippen MR) is 96.9 cm³/mol. The highest BCUT2D eigenvalue weighted by Gasteiger charge is 2.18. The van der Waals surface area contributed by atoms with Crippen molar-refractivity contribution in [3.63, 3.8) is 0 Å². The largest absolute Gasteiger partial charge is 0.356 e. The van der Waals surface area contributed by atoms with Crippen molar-refractivity contribution in [2.45, 2.75) is 33.6 Å². The lowest BCUT2D eigenvalue weighted by Crippen LogP contribution is -2.33. The fraction of sp³-hybridized carbons (Fsp3) is 0.444. The maximum absolute atomic E-state index is 6.02. The van der Waals surface area contributed by atoms with Crippen LogP contribution < -0.4 is 10.2 Å². The fourth-order valence-electron chi connectivity index (χ4n) is 2.92. The van der Waals surface area contributed by atoms with Crippen LogP contribution in [0.5, 0.6) is 0 Å². The summed E-state index contributed by atoms with van der Waals surface area (Å²) in [7, 11) is 0. The smallest absolute Gasteiger partial charge is 0.136 e. The first-order valence-electron chi connectivity index (χ1n) is 8.15. The quantitative estimate of drug-likeness (QED) is 0.883. The van der Waals surface area contributed by atoms with Gasteiger partial charge in [-0.05, 0) is 56.4 Å². The van der Waals surface area contributed by atoms with Crippen molar-refractivity contribution in [3.05, 3.63) is 40.7 Å². The summed E-state index contributed by atoms with van der Waals surface area (Å²) in [6.45, 7) is 8.43. The molecule has 2 aromatic rings. The van der Waals surface area contributed by atoms with Gasteiger partial charge in [-0.2, -0.15) is 0 Å². The van der Waals surface area contributed by atoms with Gasteiger partial charge >= 0.3 is 0 Å². The zero-order chi connectivity index (χ0) is 16.4. The van der Waals surface area contributed by atoms with Gasteiger partial charge in [0.15, 0.2) is 0 Å². The van der Waals surface area contributed by atoms with Gasteiger partial charge in [0, 0.05) is 29.9 Å². The molecule has 1 aromatic heterocycles. The van der Waals surface area contributed by atoms with E-state index in [4.69, 9.17) is 11.6 Å². The van der Waals surface area contributed by atoms with E-state index in [9.17, 15) is 0 Å². The molecule has 1 aromatic carbocycles. The van der Waals surface area contributed by atoms with E-state index < -0.39 is 0 Å². The average Bonchev–Trinajstić information content (AvgIpc) is 2.50. The Morgan fingerprint density at radius 1 is 1.13 bits per heavy atom. The molecule has 0 spiro atoms. The van der Waals surface area contributed by atoms with E-state index in [1.807, 2.05) is 38.1 Å². The summed E-state index contributed by atoms with van der Waals surface area (Å²) in [6.07, 6.45) is 2.45. The Bertz CT molecular complexity index is 693. The van der Waals surface area contributed by atoms with Crippen LogP contribution in [-0.4, -0.2) is 23.1 Å². The lowest BCUT2D eigenvalue weighted by molar-refractivity contribution is 0.436. The van der Waals surface area contributed by atoms with Crippen molar-refractivity contribution >= 4 is 28.9 Å². The number of hydrogen-bond acceptors (Lipinski definition) is 4. The zero-order valence-corrected chi connectivity index (χ0v) is 14.7. The number of anilines is 3. The van der Waals surface area contributed by atoms with Gasteiger partial charge < -0.3 is 10.2 Å². The van der Waals surface area contributed by atoms with Crippen LogP contribution in [0.1, 0.15) is 31.2 Å². The van der Waals surface area contributed by atoms with Crippen LogP contribution in [0.25, 0.3) is 0 Å². The van der Waals surface area contributed by atoms with Crippen LogP contribution in [0.3, 0.4) is 0 Å². The van der Waals surface area contributed by atoms with Crippen LogP contribution in [0, 0.1) is 19.8 Å². The third kappa shape index (κ3) is 3.94. The topological polar surface area (TPSA) is 41.1 Å². The molecule has 23 heavy (non-hydrogen) atoms. The first-order chi connectivity index (χ1) is 11.0. The minimum atomic E-state index is 0.745. The fourth-order valence-corrected chi connectivity index (χ4v) is 3.15. The molecule has 0 bridgehead atoms. The summed E-state index contributed by atoms with van der Waals surface area (Å²) in [5, 5.41) is 4.14. The minimum absolute atomic E-state index is 0.745. The molecule has 1 aliphatic rings. The maximum Gasteiger partial charge on any atom is 0.136 e. The molecule has 0 amide bonds. The van der Waals surface area contributed by atoms with Crippen molar-refractivity contribution in [3.8, 4) is 0 Å². The van der Waals surface area contributed by atoms with Crippen LogP contribution in [0.2, 0.25) is 5.02 Å². The van der Waals surface area contributed by atoms with Crippen molar-refractivity contribution < 1.29 is 0 Å². The molecule has 2 heterocycles. The second kappa shape index (κ2) is 6.75. The van der Waals surface area contributed by atoms with Crippen LogP contribution in [0.15, 0.2) is 24.3 Å². The van der Waals surface area contributed by atoms with E-state index in [1.54, 1.807) is 0 Å². The lowest BCUT2D eigenvalue weighted by Gasteiger charge is -2.31. The number of aromatic nitrogens is 2. The first kappa shape index (κ1) is 16.1. The normalized spacial score (nSPS) is 15.7. The Hall–Kier alpha value is -1.81. The van der Waals surface area contributed by atoms with Gasteiger partial charge in [-0.25, -0.2) is 9.97 Å². The Labute approximate surface area is 142 Å². The highest BCUT2D eigenvalue weighted by atomic mass is 35.5. The van der Waals surface area contributed by atoms with Gasteiger partial charge in [0.05, 0.1) is 0 Å². The van der Waals surface area contributed by atoms with Gasteiger partial charge in [0.1, 0.15) is 17.5 Å². The van der Waals surface area contributed by atoms with Gasteiger partial charge in [0.25, 0.3) is 0 Å². The minimum Gasteiger partial charge on any atom is -0.356 e. The highest BCUT2D eigenvalue weighted by Crippen LogP contribution is 2.26. The molecule has 0 unspecified atom stereocenters. The molecule has 1 aliphatic heterocycles. The standard InChI is InChI=1S/C18H23ClN4/c1-12-6-8-23(9-7-12)18-11-17(20-14(3)21-18)22-16-5-4-15(19)10-13(16)2/h4-5,10-12H,6-9H2,1-3H3,(H,20,21,22). The van der Waals surface area contributed by atoms with Crippen molar-refractivity contribution in [2.24, 2.45) is 5.92 Å². The molecule has 0 aliphatic carbocycles. The van der Waals surface area contributed by atoms with E-state index in [1.165, 1.54) is 12.8 Å². The number of rotatable bonds is 3. The van der Waals surface area contributed by atoms with E-state index in [0.717, 1.165) is 52.7 Å². The third-order valence-electron chi connectivity index (χ3n) is 4.38. The molecular weight excluding hydrogens is 308 g/mol. The second-order valence-electron chi connectivity index (χ2n) is 6.41. The summed E-state index contributed by atoms with van der Waals surface area (Å²) >= 11 is 6.02. The maximum atomic E-state index is 6.02. The zero-order valence-electron chi connectivity index (χ0n) is 13.9. The summed E-state index contributed by atoms with van der Waals surface area (Å²) < 4.78 is 0. The number of aryl methyl sites for hydroxylation is 2. The second-order valence-corrected chi connectivity index (χ2v) is 6.85. The molecule has 0 radical (unpaired) electrons. The highest BCUT2D eigenvalue weighted by molar-refractivity contribution is 6.30. The number of piperidine rings is 1. The molecule has 0 saturated carbocycles. The molecule has 0 atom stereocenters. The lowest BCUT2D eigenvalue weighted by atomic mass is 9.99. The molecule has 3 rings (SSSR count). The summed E-state index contributed by atoms with van der Waals surface area (Å²) in [5.41, 5.74) is 2.12. The van der Waals surface area contributed by atoms with Gasteiger partial charge in [0.2, 0.25) is 0 Å². The predicted octanol–water partition coefficient (Wildman–Crippen LogP) is 4.73. The Morgan fingerprint density at radius 3 is 2.57 bits per heavy atom. The molecular formula is C18H23ClN4. The Kier molecular flexibility index (Phi) is 4.71. The molecule has 1 N–H and O–H groups in total. The van der Waals surface area contributed by atoms with Crippen LogP contribution in [0.4, 0.5) is 17.3 Å². The number of halogens is 1. The molecule has 5 heteroatoms. The number of benzene rings is 1. The van der Waals surface area contributed by atoms with Crippen LogP contribution in [-0.2, 0) is 0 Å². The van der Waals surface area contributed by atoms with E-state index in [2.05, 4.69) is 27.1 Å². The van der Waals surface area contributed by atoms with Crippen molar-refractivity contribution in [1.29, 1.82) is 0 Å². The van der Waals surface area contributed by atoms with Crippen LogP contribution >= 0.6 is 11.6 Å². The van der Waals surface area contributed by atoms with Gasteiger partial charge in [-0.15, -0.1) is 0 Å². The number of nitrogens with one attached hydrogen (secondary N) is 1. The number of nitrogens with zero attached hydrogens (tertiary/aromatic N) is 3. The van der Waals surface area contributed by atoms with E-state index in [0.29, 0.717) is 0 Å². The van der Waals surface area contributed by atoms with E-state index >= 15 is 0 Å². The first-order valence-corrected chi connectivity index (χ1v) is 8.53. The van der Waals surface area contributed by atoms with Gasteiger partial charge in [-0.1, -0.05) is 18.5 Å². The monoisotopic (exact) mass is 330 g/mol. The summed E-state index contributed by atoms with van der Waals surface area (Å²) in [6, 6.07) is 7.86. The third-order valence-corrected chi connectivity index (χ3v) is 4.62. The summed E-state index contributed by atoms with van der Waals surface area (Å²) in [5.74, 6) is 3.44. The average molecular weight is 331 g/mol. The van der Waals surface area contributed by atoms with Crippen molar-refractivity contribution in [1.82, 2.24) is 9.97 Å². The van der Waals surface area contributed by atoms with Gasteiger partial charge in [-0.3, -0.25) is 0 Å². The molecule has 1 fully saturated rings. The SMILES string of the molecule is Cc1nc(Nc2ccc(Cl)cc2C)cc(N2CCC(C)CC2)n1. The number of hydrogen-bond donors (Lipinski definition) is 1. The van der Waals surface area contributed by atoms with E-state index in [-0.39, 0.29) is 0 Å².